The Kier molecular flexibility index (Phi) is 1.79. The molecule has 1 atom stereocenters. The van der Waals surface area contributed by atoms with Crippen LogP contribution in [0.4, 0.5) is 0 Å². The lowest BCUT2D eigenvalue weighted by Gasteiger charge is -2.05. The van der Waals surface area contributed by atoms with Crippen molar-refractivity contribution in [3.63, 3.8) is 0 Å². The Morgan fingerprint density at radius 2 is 2.73 bits per heavy atom. The van der Waals surface area contributed by atoms with Crippen LogP contribution in [0.5, 0.6) is 0 Å². The summed E-state index contributed by atoms with van der Waals surface area (Å²) in [5, 5.41) is 0. The highest BCUT2D eigenvalue weighted by atomic mass is 16.5. The molecule has 0 fully saturated rings. The Morgan fingerprint density at radius 1 is 1.82 bits per heavy atom. The lowest BCUT2D eigenvalue weighted by molar-refractivity contribution is 0.171. The molecule has 0 N–H and O–H groups in total. The van der Waals surface area contributed by atoms with E-state index in [0.717, 1.165) is 0 Å². The summed E-state index contributed by atoms with van der Waals surface area (Å²) in [6.45, 7) is 4.32. The summed E-state index contributed by atoms with van der Waals surface area (Å²) in [7, 11) is 0. The number of allylic oxidation sites excluding steroid dienone is 1. The van der Waals surface area contributed by atoms with E-state index in [1.165, 1.54) is 0 Å². The quantitative estimate of drug-likeness (QED) is 0.537. The molecule has 0 bridgehead atoms. The van der Waals surface area contributed by atoms with Gasteiger partial charge in [-0.3, -0.25) is 0 Å². The van der Waals surface area contributed by atoms with Gasteiger partial charge in [0.1, 0.15) is 1.37 Å². The second-order valence-corrected chi connectivity index (χ2v) is 2.29. The van der Waals surface area contributed by atoms with Crippen LogP contribution in [0.25, 0.3) is 0 Å². The van der Waals surface area contributed by atoms with Gasteiger partial charge in [0.2, 0.25) is 0 Å². The monoisotopic (exact) mass is 157 g/mol. The summed E-state index contributed by atoms with van der Waals surface area (Å²) < 4.78 is 32.7. The van der Waals surface area contributed by atoms with E-state index in [4.69, 9.17) is 13.6 Å². The van der Waals surface area contributed by atoms with Gasteiger partial charge in [-0.15, -0.1) is 0 Å². The van der Waals surface area contributed by atoms with E-state index in [2.05, 4.69) is 6.58 Å². The Hall–Kier alpha value is -0.920. The van der Waals surface area contributed by atoms with Gasteiger partial charge in [0.15, 0.2) is 0 Å². The smallest absolute Gasteiger partial charge is 0.104 e. The fraction of sp³-hybridized carbons (Fsp3) is 0.556. The van der Waals surface area contributed by atoms with Crippen molar-refractivity contribution in [1.82, 2.24) is 0 Å². The van der Waals surface area contributed by atoms with E-state index in [0.29, 0.717) is 31.0 Å². The van der Waals surface area contributed by atoms with Gasteiger partial charge in [0.05, 0.1) is 25.2 Å². The van der Waals surface area contributed by atoms with E-state index >= 15 is 0 Å². The zero-order chi connectivity index (χ0) is 10.6. The van der Waals surface area contributed by atoms with Crippen LogP contribution in [0.15, 0.2) is 24.1 Å². The molecular formula is C9H14O2. The van der Waals surface area contributed by atoms with Crippen LogP contribution in [0.2, 0.25) is 0 Å². The molecule has 1 aliphatic rings. The SMILES string of the molecule is [2H]C/C1=C(\[2H])OCCCOC(=C)C1[2H]. The average molecular weight is 157 g/mol. The van der Waals surface area contributed by atoms with Crippen molar-refractivity contribution in [3.8, 4) is 0 Å². The van der Waals surface area contributed by atoms with Crippen molar-refractivity contribution in [2.75, 3.05) is 13.2 Å². The van der Waals surface area contributed by atoms with Crippen molar-refractivity contribution < 1.29 is 13.6 Å². The Balaban J connectivity index is 2.87. The van der Waals surface area contributed by atoms with Gasteiger partial charge in [-0.25, -0.2) is 0 Å². The summed E-state index contributed by atoms with van der Waals surface area (Å²) in [4.78, 5) is 0. The highest BCUT2D eigenvalue weighted by Gasteiger charge is 2.00. The normalized spacial score (nSPS) is 38.0. The fourth-order valence-corrected chi connectivity index (χ4v) is 0.744. The molecule has 0 saturated heterocycles. The Labute approximate surface area is 71.7 Å². The molecule has 0 spiro atoms. The van der Waals surface area contributed by atoms with Crippen LogP contribution >= 0.6 is 0 Å². The molecule has 1 heterocycles. The third kappa shape index (κ3) is 3.12. The molecular weight excluding hydrogens is 140 g/mol. The molecule has 0 amide bonds. The van der Waals surface area contributed by atoms with Gasteiger partial charge in [-0.1, -0.05) is 6.58 Å². The standard InChI is InChI=1S/C9H14O2/c1-8-6-9(2)11-5-3-4-10-7-8/h7H,2-6H2,1H3/b8-7-/i1D,6D,7D. The molecule has 0 saturated carbocycles. The van der Waals surface area contributed by atoms with Gasteiger partial charge in [-0.2, -0.15) is 0 Å². The summed E-state index contributed by atoms with van der Waals surface area (Å²) in [5.74, 6) is 0.294. The zero-order valence-electron chi connectivity index (χ0n) is 9.43. The van der Waals surface area contributed by atoms with E-state index in [1.807, 2.05) is 0 Å². The highest BCUT2D eigenvalue weighted by molar-refractivity contribution is 5.04. The summed E-state index contributed by atoms with van der Waals surface area (Å²) >= 11 is 0. The molecule has 2 nitrogen and oxygen atoms in total. The van der Waals surface area contributed by atoms with Gasteiger partial charge in [-0.05, 0) is 12.5 Å². The summed E-state index contributed by atoms with van der Waals surface area (Å²) in [6.07, 6.45) is -0.260. The fourth-order valence-electron chi connectivity index (χ4n) is 0.744. The van der Waals surface area contributed by atoms with E-state index in [1.54, 1.807) is 0 Å². The maximum Gasteiger partial charge on any atom is 0.104 e. The molecule has 2 heteroatoms. The van der Waals surface area contributed by atoms with Crippen molar-refractivity contribution in [2.24, 2.45) is 0 Å². The largest absolute Gasteiger partial charge is 0.501 e. The first-order valence-electron chi connectivity index (χ1n) is 5.30. The van der Waals surface area contributed by atoms with Crippen molar-refractivity contribution in [2.45, 2.75) is 19.7 Å². The van der Waals surface area contributed by atoms with E-state index in [9.17, 15) is 0 Å². The van der Waals surface area contributed by atoms with E-state index in [-0.39, 0.29) is 13.1 Å². The lowest BCUT2D eigenvalue weighted by Crippen LogP contribution is -1.95. The van der Waals surface area contributed by atoms with Crippen molar-refractivity contribution in [3.05, 3.63) is 24.1 Å². The topological polar surface area (TPSA) is 18.5 Å². The second-order valence-electron chi connectivity index (χ2n) is 2.29. The number of ether oxygens (including phenoxy) is 2. The van der Waals surface area contributed by atoms with Crippen molar-refractivity contribution in [1.29, 1.82) is 0 Å². The third-order valence-corrected chi connectivity index (χ3v) is 1.22. The maximum atomic E-state index is 7.70. The number of hydrogen-bond acceptors (Lipinski definition) is 2. The average Bonchev–Trinajstić information content (AvgIpc) is 2.21. The van der Waals surface area contributed by atoms with Crippen LogP contribution in [0.1, 0.15) is 23.8 Å². The van der Waals surface area contributed by atoms with E-state index < -0.39 is 6.40 Å². The second kappa shape index (κ2) is 4.06. The van der Waals surface area contributed by atoms with Gasteiger partial charge >= 0.3 is 0 Å². The molecule has 0 aromatic heterocycles. The Bertz CT molecular complexity index is 250. The molecule has 11 heavy (non-hydrogen) atoms. The highest BCUT2D eigenvalue weighted by Crippen LogP contribution is 2.11. The van der Waals surface area contributed by atoms with Crippen LogP contribution in [-0.4, -0.2) is 13.2 Å². The predicted molar refractivity (Wildman–Crippen MR) is 44.0 cm³/mol. The third-order valence-electron chi connectivity index (χ3n) is 1.22. The minimum atomic E-state index is -0.849. The zero-order valence-corrected chi connectivity index (χ0v) is 6.43. The molecule has 0 aromatic rings. The summed E-state index contributed by atoms with van der Waals surface area (Å²) in [5.41, 5.74) is 0.303. The Morgan fingerprint density at radius 3 is 3.55 bits per heavy atom. The molecule has 62 valence electrons. The number of hydrogen-bond donors (Lipinski definition) is 0. The van der Waals surface area contributed by atoms with Gasteiger partial charge in [0.25, 0.3) is 0 Å². The summed E-state index contributed by atoms with van der Waals surface area (Å²) in [6, 6.07) is 0. The van der Waals surface area contributed by atoms with Crippen molar-refractivity contribution >= 4 is 0 Å². The molecule has 1 rings (SSSR count). The molecule has 0 radical (unpaired) electrons. The molecule has 0 aromatic carbocycles. The molecule has 0 aliphatic carbocycles. The minimum absolute atomic E-state index is 0.0772. The van der Waals surface area contributed by atoms with Crippen LogP contribution in [0.3, 0.4) is 0 Å². The maximum absolute atomic E-state index is 7.70. The molecule has 1 unspecified atom stereocenters. The van der Waals surface area contributed by atoms with Gasteiger partial charge in [0, 0.05) is 15.6 Å². The first-order valence-corrected chi connectivity index (χ1v) is 3.52. The van der Waals surface area contributed by atoms with Crippen LogP contribution in [-0.2, 0) is 9.47 Å². The first kappa shape index (κ1) is 4.86. The lowest BCUT2D eigenvalue weighted by atomic mass is 10.2. The minimum Gasteiger partial charge on any atom is -0.501 e. The predicted octanol–water partition coefficient (Wildman–Crippen LogP) is 2.23. The number of rotatable bonds is 0. The van der Waals surface area contributed by atoms with Crippen LogP contribution < -0.4 is 0 Å². The van der Waals surface area contributed by atoms with Crippen LogP contribution in [0, 0.1) is 0 Å². The molecule has 1 aliphatic heterocycles. The first-order chi connectivity index (χ1) is 6.66. The van der Waals surface area contributed by atoms with Gasteiger partial charge < -0.3 is 9.47 Å².